The molecule has 0 aliphatic rings. The molecule has 1 aromatic carbocycles. The van der Waals surface area contributed by atoms with Crippen molar-refractivity contribution in [2.45, 2.75) is 0 Å². The Kier molecular flexibility index (Phi) is 3.60. The lowest BCUT2D eigenvalue weighted by Crippen LogP contribution is -1.91. The highest BCUT2D eigenvalue weighted by Crippen LogP contribution is 2.34. The Morgan fingerprint density at radius 2 is 2.19 bits per heavy atom. The first kappa shape index (κ1) is 14.0. The number of carboxylic acids is 1. The number of aromatic carboxylic acids is 1. The van der Waals surface area contributed by atoms with Crippen LogP contribution in [0.4, 0.5) is 4.39 Å². The number of halogens is 2. The molecule has 106 valence electrons. The molecule has 4 nitrogen and oxygen atoms in total. The highest BCUT2D eigenvalue weighted by Gasteiger charge is 2.14. The minimum atomic E-state index is -1.06. The molecule has 2 aromatic heterocycles. The van der Waals surface area contributed by atoms with Gasteiger partial charge in [-0.2, -0.15) is 0 Å². The SMILES string of the molecule is O=C(O)c1coc(-c2csc(-c3cc(F)ccc3Br)n2)c1. The molecule has 0 saturated heterocycles. The summed E-state index contributed by atoms with van der Waals surface area (Å²) in [6.45, 7) is 0. The summed E-state index contributed by atoms with van der Waals surface area (Å²) in [5.41, 5.74) is 1.21. The van der Waals surface area contributed by atoms with E-state index >= 15 is 0 Å². The number of carbonyl (C=O) groups is 1. The Morgan fingerprint density at radius 3 is 2.90 bits per heavy atom. The van der Waals surface area contributed by atoms with E-state index in [1.807, 2.05) is 0 Å². The van der Waals surface area contributed by atoms with Gasteiger partial charge in [-0.05, 0) is 18.2 Å². The maximum Gasteiger partial charge on any atom is 0.338 e. The number of benzene rings is 1. The van der Waals surface area contributed by atoms with E-state index in [0.717, 1.165) is 10.7 Å². The van der Waals surface area contributed by atoms with Crippen molar-refractivity contribution in [2.24, 2.45) is 0 Å². The average Bonchev–Trinajstić information content (AvgIpc) is 3.09. The van der Waals surface area contributed by atoms with Crippen molar-refractivity contribution in [2.75, 3.05) is 0 Å². The fraction of sp³-hybridized carbons (Fsp3) is 0. The summed E-state index contributed by atoms with van der Waals surface area (Å²) < 4.78 is 19.3. The Labute approximate surface area is 131 Å². The Hall–Kier alpha value is -1.99. The smallest absolute Gasteiger partial charge is 0.338 e. The summed E-state index contributed by atoms with van der Waals surface area (Å²) in [4.78, 5) is 15.2. The molecule has 0 saturated carbocycles. The van der Waals surface area contributed by atoms with E-state index in [1.54, 1.807) is 11.4 Å². The second-order valence-corrected chi connectivity index (χ2v) is 5.88. The fourth-order valence-electron chi connectivity index (χ4n) is 1.75. The van der Waals surface area contributed by atoms with Gasteiger partial charge in [0.1, 0.15) is 22.8 Å². The van der Waals surface area contributed by atoms with Gasteiger partial charge >= 0.3 is 5.97 Å². The largest absolute Gasteiger partial charge is 0.478 e. The molecule has 0 aliphatic carbocycles. The maximum atomic E-state index is 13.3. The van der Waals surface area contributed by atoms with Crippen LogP contribution in [-0.4, -0.2) is 16.1 Å². The third kappa shape index (κ3) is 2.74. The highest BCUT2D eigenvalue weighted by molar-refractivity contribution is 9.10. The van der Waals surface area contributed by atoms with Crippen molar-refractivity contribution in [1.82, 2.24) is 4.98 Å². The predicted molar refractivity (Wildman–Crippen MR) is 79.9 cm³/mol. The Balaban J connectivity index is 1.99. The van der Waals surface area contributed by atoms with Crippen molar-refractivity contribution in [1.29, 1.82) is 0 Å². The molecular weight excluding hydrogens is 361 g/mol. The number of nitrogens with zero attached hydrogens (tertiary/aromatic N) is 1. The molecule has 0 unspecified atom stereocenters. The molecule has 0 radical (unpaired) electrons. The molecule has 0 aliphatic heterocycles. The number of rotatable bonds is 3. The van der Waals surface area contributed by atoms with Gasteiger partial charge in [-0.15, -0.1) is 11.3 Å². The van der Waals surface area contributed by atoms with Crippen LogP contribution in [0, 0.1) is 5.82 Å². The Bertz CT molecular complexity index is 827. The van der Waals surface area contributed by atoms with Crippen molar-refractivity contribution < 1.29 is 18.7 Å². The van der Waals surface area contributed by atoms with Gasteiger partial charge in [0.05, 0.1) is 5.56 Å². The summed E-state index contributed by atoms with van der Waals surface area (Å²) in [7, 11) is 0. The molecule has 0 atom stereocenters. The molecule has 0 bridgehead atoms. The standard InChI is InChI=1S/C14H7BrFNO3S/c15-10-2-1-8(16)4-9(10)13-17-11(6-21-13)12-3-7(5-20-12)14(18)19/h1-6H,(H,18,19). The van der Waals surface area contributed by atoms with Crippen LogP contribution in [0.5, 0.6) is 0 Å². The first-order valence-corrected chi connectivity index (χ1v) is 7.45. The van der Waals surface area contributed by atoms with Gasteiger partial charge in [0.15, 0.2) is 5.76 Å². The number of thiazole rings is 1. The summed E-state index contributed by atoms with van der Waals surface area (Å²) in [5.74, 6) is -1.05. The zero-order valence-corrected chi connectivity index (χ0v) is 12.7. The highest BCUT2D eigenvalue weighted by atomic mass is 79.9. The third-order valence-corrected chi connectivity index (χ3v) is 4.33. The van der Waals surface area contributed by atoms with Crippen LogP contribution in [0.2, 0.25) is 0 Å². The van der Waals surface area contributed by atoms with Gasteiger partial charge in [-0.1, -0.05) is 15.9 Å². The zero-order valence-electron chi connectivity index (χ0n) is 10.3. The molecular formula is C14H7BrFNO3S. The quantitative estimate of drug-likeness (QED) is 0.730. The molecule has 7 heteroatoms. The molecule has 3 rings (SSSR count). The summed E-state index contributed by atoms with van der Waals surface area (Å²) in [6, 6.07) is 5.76. The van der Waals surface area contributed by atoms with E-state index in [9.17, 15) is 9.18 Å². The van der Waals surface area contributed by atoms with E-state index < -0.39 is 5.97 Å². The van der Waals surface area contributed by atoms with Crippen LogP contribution in [-0.2, 0) is 0 Å². The number of carboxylic acid groups (broad SMARTS) is 1. The topological polar surface area (TPSA) is 63.3 Å². The number of aromatic nitrogens is 1. The van der Waals surface area contributed by atoms with Crippen molar-refractivity contribution in [3.63, 3.8) is 0 Å². The van der Waals surface area contributed by atoms with E-state index in [2.05, 4.69) is 20.9 Å². The van der Waals surface area contributed by atoms with Crippen LogP contribution in [0.3, 0.4) is 0 Å². The number of hydrogen-bond donors (Lipinski definition) is 1. The van der Waals surface area contributed by atoms with Gasteiger partial charge in [-0.25, -0.2) is 14.2 Å². The van der Waals surface area contributed by atoms with Gasteiger partial charge < -0.3 is 9.52 Å². The van der Waals surface area contributed by atoms with E-state index in [1.165, 1.54) is 29.5 Å². The van der Waals surface area contributed by atoms with E-state index in [4.69, 9.17) is 9.52 Å². The minimum Gasteiger partial charge on any atom is -0.478 e. The normalized spacial score (nSPS) is 10.8. The molecule has 21 heavy (non-hydrogen) atoms. The monoisotopic (exact) mass is 367 g/mol. The molecule has 0 spiro atoms. The Morgan fingerprint density at radius 1 is 1.38 bits per heavy atom. The van der Waals surface area contributed by atoms with Crippen molar-refractivity contribution in [3.05, 3.63) is 51.8 Å². The first-order valence-electron chi connectivity index (χ1n) is 5.78. The molecule has 1 N–H and O–H groups in total. The second kappa shape index (κ2) is 5.42. The predicted octanol–water partition coefficient (Wildman–Crippen LogP) is 4.67. The molecule has 0 amide bonds. The van der Waals surface area contributed by atoms with Crippen molar-refractivity contribution in [3.8, 4) is 22.0 Å². The van der Waals surface area contributed by atoms with Crippen LogP contribution in [0.1, 0.15) is 10.4 Å². The number of furan rings is 1. The van der Waals surface area contributed by atoms with Crippen LogP contribution in [0.15, 0.2) is 44.8 Å². The lowest BCUT2D eigenvalue weighted by atomic mass is 10.2. The lowest BCUT2D eigenvalue weighted by molar-refractivity contribution is 0.0696. The van der Waals surface area contributed by atoms with Gasteiger partial charge in [0.2, 0.25) is 0 Å². The van der Waals surface area contributed by atoms with Crippen molar-refractivity contribution >= 4 is 33.2 Å². The molecule has 2 heterocycles. The fourth-order valence-corrected chi connectivity index (χ4v) is 3.16. The van der Waals surface area contributed by atoms with Crippen LogP contribution < -0.4 is 0 Å². The maximum absolute atomic E-state index is 13.3. The van der Waals surface area contributed by atoms with Gasteiger partial charge in [0.25, 0.3) is 0 Å². The lowest BCUT2D eigenvalue weighted by Gasteiger charge is -2.00. The average molecular weight is 368 g/mol. The summed E-state index contributed by atoms with van der Waals surface area (Å²) in [6.07, 6.45) is 1.16. The van der Waals surface area contributed by atoms with Crippen LogP contribution >= 0.6 is 27.3 Å². The number of hydrogen-bond acceptors (Lipinski definition) is 4. The third-order valence-electron chi connectivity index (χ3n) is 2.76. The van der Waals surface area contributed by atoms with E-state index in [-0.39, 0.29) is 11.4 Å². The van der Waals surface area contributed by atoms with Gasteiger partial charge in [0, 0.05) is 21.5 Å². The molecule has 3 aromatic rings. The van der Waals surface area contributed by atoms with Gasteiger partial charge in [-0.3, -0.25) is 0 Å². The summed E-state index contributed by atoms with van der Waals surface area (Å²) >= 11 is 4.68. The minimum absolute atomic E-state index is 0.0616. The second-order valence-electron chi connectivity index (χ2n) is 4.17. The molecule has 0 fully saturated rings. The zero-order chi connectivity index (χ0) is 15.0. The first-order chi connectivity index (χ1) is 10.0. The van der Waals surface area contributed by atoms with Crippen LogP contribution in [0.25, 0.3) is 22.0 Å². The van der Waals surface area contributed by atoms with E-state index in [0.29, 0.717) is 22.0 Å². The summed E-state index contributed by atoms with van der Waals surface area (Å²) in [5, 5.41) is 11.2.